The van der Waals surface area contributed by atoms with Crippen LogP contribution in [0.3, 0.4) is 0 Å². The zero-order valence-corrected chi connectivity index (χ0v) is 10.3. The fourth-order valence-corrected chi connectivity index (χ4v) is 1.70. The lowest BCUT2D eigenvalue weighted by molar-refractivity contribution is -0.139. The molecule has 0 radical (unpaired) electrons. The molecule has 1 aliphatic rings. The molecule has 1 aliphatic heterocycles. The van der Waals surface area contributed by atoms with Crippen molar-refractivity contribution >= 4 is 5.97 Å². The van der Waals surface area contributed by atoms with Crippen molar-refractivity contribution in [1.29, 1.82) is 0 Å². The van der Waals surface area contributed by atoms with Crippen LogP contribution in [0.4, 0.5) is 0 Å². The van der Waals surface area contributed by atoms with Crippen LogP contribution >= 0.6 is 0 Å². The molecule has 0 saturated carbocycles. The van der Waals surface area contributed by atoms with Gasteiger partial charge in [-0.15, -0.1) is 0 Å². The van der Waals surface area contributed by atoms with Crippen LogP contribution in [0.5, 0.6) is 0 Å². The lowest BCUT2D eigenvalue weighted by Gasteiger charge is -2.02. The minimum atomic E-state index is -0.384. The molecule has 18 heavy (non-hydrogen) atoms. The van der Waals surface area contributed by atoms with E-state index in [9.17, 15) is 4.79 Å². The van der Waals surface area contributed by atoms with Gasteiger partial charge in [0.2, 0.25) is 0 Å². The highest BCUT2D eigenvalue weighted by atomic mass is 16.5. The third-order valence-corrected chi connectivity index (χ3v) is 2.72. The smallest absolute Gasteiger partial charge is 0.334 e. The highest BCUT2D eigenvalue weighted by molar-refractivity contribution is 5.82. The molecule has 96 valence electrons. The highest BCUT2D eigenvalue weighted by Crippen LogP contribution is 2.19. The zero-order chi connectivity index (χ0) is 12.8. The van der Waals surface area contributed by atoms with Gasteiger partial charge in [0.1, 0.15) is 19.0 Å². The lowest BCUT2D eigenvalue weighted by atomic mass is 10.2. The van der Waals surface area contributed by atoms with Crippen LogP contribution < -0.4 is 0 Å². The van der Waals surface area contributed by atoms with Crippen LogP contribution in [-0.2, 0) is 25.6 Å². The molecule has 4 heteroatoms. The molecule has 1 heterocycles. The Labute approximate surface area is 106 Å². The molecule has 0 bridgehead atoms. The SMILES string of the molecule is COC1CO/C(=C/C(=O)OCc2ccccc2)C1. The van der Waals surface area contributed by atoms with E-state index >= 15 is 0 Å². The summed E-state index contributed by atoms with van der Waals surface area (Å²) in [5.41, 5.74) is 0.964. The normalized spacial score (nSPS) is 20.7. The zero-order valence-electron chi connectivity index (χ0n) is 10.3. The number of hydrogen-bond acceptors (Lipinski definition) is 4. The van der Waals surface area contributed by atoms with E-state index in [1.54, 1.807) is 7.11 Å². The van der Waals surface area contributed by atoms with Crippen LogP contribution in [0.25, 0.3) is 0 Å². The summed E-state index contributed by atoms with van der Waals surface area (Å²) in [7, 11) is 1.63. The van der Waals surface area contributed by atoms with Gasteiger partial charge in [0.05, 0.1) is 12.2 Å². The van der Waals surface area contributed by atoms with Crippen molar-refractivity contribution in [2.24, 2.45) is 0 Å². The van der Waals surface area contributed by atoms with Crippen molar-refractivity contribution in [2.45, 2.75) is 19.1 Å². The summed E-state index contributed by atoms with van der Waals surface area (Å²) in [6.07, 6.45) is 2.05. The average molecular weight is 248 g/mol. The van der Waals surface area contributed by atoms with Gasteiger partial charge in [-0.25, -0.2) is 4.79 Å². The Morgan fingerprint density at radius 1 is 1.44 bits per heavy atom. The third-order valence-electron chi connectivity index (χ3n) is 2.72. The van der Waals surface area contributed by atoms with Crippen molar-refractivity contribution < 1.29 is 19.0 Å². The molecule has 1 saturated heterocycles. The van der Waals surface area contributed by atoms with Crippen LogP contribution in [-0.4, -0.2) is 25.8 Å². The van der Waals surface area contributed by atoms with E-state index in [0.717, 1.165) is 5.56 Å². The standard InChI is InChI=1S/C14H16O4/c1-16-13-7-12(17-10-13)8-14(15)18-9-11-5-3-2-4-6-11/h2-6,8,13H,7,9-10H2,1H3/b12-8+. The number of methoxy groups -OCH3 is 1. The first-order valence-electron chi connectivity index (χ1n) is 5.85. The summed E-state index contributed by atoms with van der Waals surface area (Å²) >= 11 is 0. The van der Waals surface area contributed by atoms with Crippen LogP contribution in [0.1, 0.15) is 12.0 Å². The Balaban J connectivity index is 1.81. The van der Waals surface area contributed by atoms with E-state index in [2.05, 4.69) is 0 Å². The Bertz CT molecular complexity index is 425. The minimum absolute atomic E-state index is 0.0400. The maximum atomic E-state index is 11.5. The second kappa shape index (κ2) is 6.21. The molecular weight excluding hydrogens is 232 g/mol. The Morgan fingerprint density at radius 2 is 2.22 bits per heavy atom. The summed E-state index contributed by atoms with van der Waals surface area (Å²) < 4.78 is 15.6. The monoisotopic (exact) mass is 248 g/mol. The first kappa shape index (κ1) is 12.6. The van der Waals surface area contributed by atoms with Gasteiger partial charge < -0.3 is 14.2 Å². The Morgan fingerprint density at radius 3 is 2.89 bits per heavy atom. The molecule has 1 aromatic carbocycles. The molecule has 0 aliphatic carbocycles. The van der Waals surface area contributed by atoms with Crippen molar-refractivity contribution in [1.82, 2.24) is 0 Å². The van der Waals surface area contributed by atoms with Crippen LogP contribution in [0.15, 0.2) is 42.2 Å². The summed E-state index contributed by atoms with van der Waals surface area (Å²) in [5, 5.41) is 0. The molecule has 0 amide bonds. The number of carbonyl (C=O) groups excluding carboxylic acids is 1. The molecule has 1 unspecified atom stereocenters. The first-order chi connectivity index (χ1) is 8.78. The molecule has 0 aromatic heterocycles. The maximum Gasteiger partial charge on any atom is 0.334 e. The fraction of sp³-hybridized carbons (Fsp3) is 0.357. The van der Waals surface area contributed by atoms with Gasteiger partial charge >= 0.3 is 5.97 Å². The second-order valence-corrected chi connectivity index (χ2v) is 4.08. The van der Waals surface area contributed by atoms with Crippen molar-refractivity contribution in [3.8, 4) is 0 Å². The Hall–Kier alpha value is -1.81. The van der Waals surface area contributed by atoms with Crippen molar-refractivity contribution in [2.75, 3.05) is 13.7 Å². The average Bonchev–Trinajstić information content (AvgIpc) is 2.85. The summed E-state index contributed by atoms with van der Waals surface area (Å²) in [5.74, 6) is 0.241. The molecule has 1 aromatic rings. The molecule has 2 rings (SSSR count). The molecule has 1 fully saturated rings. The maximum absolute atomic E-state index is 11.5. The van der Waals surface area contributed by atoms with E-state index in [1.807, 2.05) is 30.3 Å². The highest BCUT2D eigenvalue weighted by Gasteiger charge is 2.21. The van der Waals surface area contributed by atoms with E-state index < -0.39 is 0 Å². The van der Waals surface area contributed by atoms with Gasteiger partial charge in [-0.3, -0.25) is 0 Å². The number of carbonyl (C=O) groups is 1. The van der Waals surface area contributed by atoms with E-state index in [4.69, 9.17) is 14.2 Å². The van der Waals surface area contributed by atoms with Crippen LogP contribution in [0.2, 0.25) is 0 Å². The molecule has 0 spiro atoms. The van der Waals surface area contributed by atoms with E-state index in [-0.39, 0.29) is 18.7 Å². The number of benzene rings is 1. The first-order valence-corrected chi connectivity index (χ1v) is 5.85. The topological polar surface area (TPSA) is 44.8 Å². The van der Waals surface area contributed by atoms with Crippen molar-refractivity contribution in [3.63, 3.8) is 0 Å². The second-order valence-electron chi connectivity index (χ2n) is 4.08. The lowest BCUT2D eigenvalue weighted by Crippen LogP contribution is -2.08. The van der Waals surface area contributed by atoms with Gasteiger partial charge in [0.25, 0.3) is 0 Å². The molecular formula is C14H16O4. The third kappa shape index (κ3) is 3.60. The fourth-order valence-electron chi connectivity index (χ4n) is 1.70. The summed E-state index contributed by atoms with van der Waals surface area (Å²) in [4.78, 5) is 11.5. The number of ether oxygens (including phenoxy) is 3. The Kier molecular flexibility index (Phi) is 4.36. The van der Waals surface area contributed by atoms with Gasteiger partial charge in [-0.05, 0) is 5.56 Å². The number of esters is 1. The van der Waals surface area contributed by atoms with Gasteiger partial charge in [-0.2, -0.15) is 0 Å². The quantitative estimate of drug-likeness (QED) is 0.604. The summed E-state index contributed by atoms with van der Waals surface area (Å²) in [6.45, 7) is 0.769. The van der Waals surface area contributed by atoms with E-state index in [0.29, 0.717) is 18.8 Å². The van der Waals surface area contributed by atoms with E-state index in [1.165, 1.54) is 6.08 Å². The summed E-state index contributed by atoms with van der Waals surface area (Å²) in [6, 6.07) is 9.56. The predicted molar refractivity (Wildman–Crippen MR) is 65.7 cm³/mol. The van der Waals surface area contributed by atoms with Gasteiger partial charge in [-0.1, -0.05) is 30.3 Å². The van der Waals surface area contributed by atoms with Gasteiger partial charge in [0.15, 0.2) is 0 Å². The molecule has 0 N–H and O–H groups in total. The minimum Gasteiger partial charge on any atom is -0.495 e. The largest absolute Gasteiger partial charge is 0.495 e. The number of rotatable bonds is 4. The number of hydrogen-bond donors (Lipinski definition) is 0. The predicted octanol–water partition coefficient (Wildman–Crippen LogP) is 2.05. The van der Waals surface area contributed by atoms with Gasteiger partial charge in [0, 0.05) is 13.5 Å². The van der Waals surface area contributed by atoms with Crippen molar-refractivity contribution in [3.05, 3.63) is 47.7 Å². The molecule has 1 atom stereocenters. The van der Waals surface area contributed by atoms with Crippen LogP contribution in [0, 0.1) is 0 Å². The molecule has 4 nitrogen and oxygen atoms in total.